The minimum absolute atomic E-state index is 0.0601. The number of anilines is 1. The minimum Gasteiger partial charge on any atom is -0.380 e. The van der Waals surface area contributed by atoms with Gasteiger partial charge in [-0.05, 0) is 39.1 Å². The number of hydrogen-bond donors (Lipinski definition) is 1. The Hall–Kier alpha value is -3.11. The highest BCUT2D eigenvalue weighted by Gasteiger charge is 2.24. The maximum atomic E-state index is 13.1. The summed E-state index contributed by atoms with van der Waals surface area (Å²) in [6.45, 7) is 6.02. The van der Waals surface area contributed by atoms with Gasteiger partial charge in [0, 0.05) is 37.6 Å². The molecule has 0 unspecified atom stereocenters. The Balaban J connectivity index is 1.95. The lowest BCUT2D eigenvalue weighted by Gasteiger charge is -2.32. The summed E-state index contributed by atoms with van der Waals surface area (Å²) >= 11 is 0. The first kappa shape index (κ1) is 20.6. The number of rotatable bonds is 6. The molecule has 1 aromatic heterocycles. The van der Waals surface area contributed by atoms with Crippen LogP contribution in [0, 0.1) is 11.3 Å². The molecule has 1 aromatic carbocycles. The molecule has 1 aliphatic heterocycles. The molecule has 2 heterocycles. The smallest absolute Gasteiger partial charge is 0.271 e. The Kier molecular flexibility index (Phi) is 6.35. The van der Waals surface area contributed by atoms with Gasteiger partial charge in [0.05, 0.1) is 11.2 Å². The highest BCUT2D eigenvalue weighted by molar-refractivity contribution is 5.94. The molecular weight excluding hydrogens is 366 g/mol. The summed E-state index contributed by atoms with van der Waals surface area (Å²) < 4.78 is 1.68. The van der Waals surface area contributed by atoms with Crippen molar-refractivity contribution in [3.63, 3.8) is 0 Å². The Morgan fingerprint density at radius 3 is 2.66 bits per heavy atom. The largest absolute Gasteiger partial charge is 0.380 e. The molecule has 7 nitrogen and oxygen atoms in total. The van der Waals surface area contributed by atoms with Crippen molar-refractivity contribution in [3.05, 3.63) is 52.8 Å². The van der Waals surface area contributed by atoms with E-state index in [0.717, 1.165) is 23.7 Å². The number of likely N-dealkylation sites (tertiary alicyclic amines) is 1. The van der Waals surface area contributed by atoms with E-state index in [9.17, 15) is 14.9 Å². The number of aromatic nitrogens is 1. The fraction of sp³-hybridized carbons (Fsp3) is 0.409. The number of pyridine rings is 1. The second-order valence-electron chi connectivity index (χ2n) is 7.59. The van der Waals surface area contributed by atoms with E-state index < -0.39 is 0 Å². The number of benzene rings is 1. The number of nitrogens with zero attached hydrogens (tertiary/aromatic N) is 4. The summed E-state index contributed by atoms with van der Waals surface area (Å²) in [7, 11) is 3.91. The zero-order valence-electron chi connectivity index (χ0n) is 17.0. The molecule has 1 aliphatic rings. The van der Waals surface area contributed by atoms with E-state index >= 15 is 0 Å². The second kappa shape index (κ2) is 8.93. The van der Waals surface area contributed by atoms with Crippen LogP contribution in [0.25, 0.3) is 10.9 Å². The van der Waals surface area contributed by atoms with Gasteiger partial charge >= 0.3 is 0 Å². The number of fused-ring (bicyclic) bond motifs is 1. The first-order valence-corrected chi connectivity index (χ1v) is 9.84. The lowest BCUT2D eigenvalue weighted by atomic mass is 10.0. The monoisotopic (exact) mass is 393 g/mol. The van der Waals surface area contributed by atoms with Gasteiger partial charge in [0.25, 0.3) is 5.56 Å². The normalized spacial score (nSPS) is 14.8. The quantitative estimate of drug-likeness (QED) is 0.760. The maximum absolute atomic E-state index is 13.1. The average molecular weight is 393 g/mol. The molecule has 3 rings (SSSR count). The Labute approximate surface area is 170 Å². The van der Waals surface area contributed by atoms with Gasteiger partial charge in [-0.15, -0.1) is 0 Å². The third-order valence-electron chi connectivity index (χ3n) is 5.39. The molecule has 152 valence electrons. The van der Waals surface area contributed by atoms with Gasteiger partial charge < -0.3 is 19.7 Å². The molecule has 0 saturated carbocycles. The van der Waals surface area contributed by atoms with Crippen LogP contribution < -0.4 is 10.9 Å². The van der Waals surface area contributed by atoms with E-state index in [1.807, 2.05) is 43.3 Å². The van der Waals surface area contributed by atoms with Crippen LogP contribution in [0.15, 0.2) is 41.7 Å². The van der Waals surface area contributed by atoms with Crippen molar-refractivity contribution in [1.82, 2.24) is 14.4 Å². The van der Waals surface area contributed by atoms with Crippen LogP contribution in [-0.2, 0) is 11.3 Å². The molecule has 0 bridgehead atoms. The number of nitrogens with one attached hydrogen (secondary N) is 1. The standard InChI is InChI=1S/C22H27N5O2/c1-4-20(28)26-11-9-16(10-12-26)24-21-17-7-5-6-8-19(17)27(14-13-25(2)3)22(29)18(21)15-23/h4-8,16,24H,1,9-14H2,2-3H3. The van der Waals surface area contributed by atoms with Crippen molar-refractivity contribution in [2.75, 3.05) is 39.0 Å². The van der Waals surface area contributed by atoms with Crippen LogP contribution in [0.5, 0.6) is 0 Å². The molecule has 29 heavy (non-hydrogen) atoms. The van der Waals surface area contributed by atoms with Crippen molar-refractivity contribution >= 4 is 22.5 Å². The molecular formula is C22H27N5O2. The number of hydrogen-bond acceptors (Lipinski definition) is 5. The summed E-state index contributed by atoms with van der Waals surface area (Å²) in [5, 5.41) is 14.1. The van der Waals surface area contributed by atoms with Crippen molar-refractivity contribution in [3.8, 4) is 6.07 Å². The summed E-state index contributed by atoms with van der Waals surface area (Å²) in [5.74, 6) is -0.0601. The van der Waals surface area contributed by atoms with E-state index in [2.05, 4.69) is 18.0 Å². The SMILES string of the molecule is C=CC(=O)N1CCC(Nc2c(C#N)c(=O)n(CCN(C)C)c3ccccc23)CC1. The van der Waals surface area contributed by atoms with Gasteiger partial charge in [-0.25, -0.2) is 0 Å². The molecule has 0 spiro atoms. The predicted molar refractivity (Wildman–Crippen MR) is 115 cm³/mol. The predicted octanol–water partition coefficient (Wildman–Crippen LogP) is 2.02. The zero-order valence-corrected chi connectivity index (χ0v) is 17.0. The van der Waals surface area contributed by atoms with E-state index in [0.29, 0.717) is 31.9 Å². The number of likely N-dealkylation sites (N-methyl/N-ethyl adjacent to an activating group) is 1. The van der Waals surface area contributed by atoms with Crippen LogP contribution in [0.1, 0.15) is 18.4 Å². The summed E-state index contributed by atoms with van der Waals surface area (Å²) in [4.78, 5) is 28.7. The molecule has 0 atom stereocenters. The second-order valence-corrected chi connectivity index (χ2v) is 7.59. The molecule has 0 aliphatic carbocycles. The first-order valence-electron chi connectivity index (χ1n) is 9.84. The van der Waals surface area contributed by atoms with Crippen LogP contribution in [0.3, 0.4) is 0 Å². The molecule has 7 heteroatoms. The van der Waals surface area contributed by atoms with Crippen LogP contribution in [0.2, 0.25) is 0 Å². The fourth-order valence-corrected chi connectivity index (χ4v) is 3.76. The van der Waals surface area contributed by atoms with Crippen molar-refractivity contribution in [2.24, 2.45) is 0 Å². The van der Waals surface area contributed by atoms with Crippen molar-refractivity contribution in [2.45, 2.75) is 25.4 Å². The van der Waals surface area contributed by atoms with Crippen LogP contribution >= 0.6 is 0 Å². The highest BCUT2D eigenvalue weighted by Crippen LogP contribution is 2.27. The number of nitriles is 1. The molecule has 0 radical (unpaired) electrons. The maximum Gasteiger partial charge on any atom is 0.271 e. The van der Waals surface area contributed by atoms with E-state index in [1.54, 1.807) is 9.47 Å². The Morgan fingerprint density at radius 2 is 2.03 bits per heavy atom. The molecule has 2 aromatic rings. The lowest BCUT2D eigenvalue weighted by molar-refractivity contribution is -0.126. The number of carbonyl (C=O) groups excluding carboxylic acids is 1. The zero-order chi connectivity index (χ0) is 21.0. The number of piperidine rings is 1. The molecule has 1 amide bonds. The van der Waals surface area contributed by atoms with Gasteiger partial charge in [-0.2, -0.15) is 5.26 Å². The molecule has 1 N–H and O–H groups in total. The number of amides is 1. The van der Waals surface area contributed by atoms with Gasteiger partial charge in [0.2, 0.25) is 5.91 Å². The van der Waals surface area contributed by atoms with Gasteiger partial charge in [-0.3, -0.25) is 9.59 Å². The van der Waals surface area contributed by atoms with Crippen molar-refractivity contribution < 1.29 is 4.79 Å². The topological polar surface area (TPSA) is 81.4 Å². The summed E-state index contributed by atoms with van der Waals surface area (Å²) in [6.07, 6.45) is 2.84. The average Bonchev–Trinajstić information content (AvgIpc) is 2.73. The molecule has 1 fully saturated rings. The first-order chi connectivity index (χ1) is 14.0. The highest BCUT2D eigenvalue weighted by atomic mass is 16.2. The number of para-hydroxylation sites is 1. The summed E-state index contributed by atoms with van der Waals surface area (Å²) in [6, 6.07) is 9.91. The van der Waals surface area contributed by atoms with Crippen LogP contribution in [-0.4, -0.2) is 60.0 Å². The van der Waals surface area contributed by atoms with Crippen molar-refractivity contribution in [1.29, 1.82) is 5.26 Å². The summed E-state index contributed by atoms with van der Waals surface area (Å²) in [5.41, 5.74) is 1.30. The van der Waals surface area contributed by atoms with Gasteiger partial charge in [0.1, 0.15) is 11.6 Å². The molecule has 1 saturated heterocycles. The fourth-order valence-electron chi connectivity index (χ4n) is 3.76. The Morgan fingerprint density at radius 1 is 1.34 bits per heavy atom. The third kappa shape index (κ3) is 4.33. The minimum atomic E-state index is -0.269. The number of carbonyl (C=O) groups is 1. The van der Waals surface area contributed by atoms with Crippen LogP contribution in [0.4, 0.5) is 5.69 Å². The van der Waals surface area contributed by atoms with E-state index in [4.69, 9.17) is 0 Å². The lowest BCUT2D eigenvalue weighted by Crippen LogP contribution is -2.42. The third-order valence-corrected chi connectivity index (χ3v) is 5.39. The van der Waals surface area contributed by atoms with E-state index in [1.165, 1.54) is 6.08 Å². The Bertz CT molecular complexity index is 1010. The van der Waals surface area contributed by atoms with Gasteiger partial charge in [0.15, 0.2) is 0 Å². The van der Waals surface area contributed by atoms with Gasteiger partial charge in [-0.1, -0.05) is 24.8 Å². The van der Waals surface area contributed by atoms with E-state index in [-0.39, 0.29) is 23.1 Å².